The van der Waals surface area contributed by atoms with Gasteiger partial charge in [-0.05, 0) is 66.4 Å². The molecule has 2 aliphatic heterocycles. The maximum Gasteiger partial charge on any atom is 0.286 e. The Bertz CT molecular complexity index is 1410. The summed E-state index contributed by atoms with van der Waals surface area (Å²) in [5.74, 6) is 0.728. The van der Waals surface area contributed by atoms with Gasteiger partial charge in [0.25, 0.3) is 11.8 Å². The molecule has 214 valence electrons. The predicted molar refractivity (Wildman–Crippen MR) is 152 cm³/mol. The number of nitrogens with one attached hydrogen (secondary N) is 2. The molecule has 0 bridgehead atoms. The van der Waals surface area contributed by atoms with Crippen LogP contribution >= 0.6 is 0 Å². The summed E-state index contributed by atoms with van der Waals surface area (Å²) < 4.78 is 22.8. The SMILES string of the molecule is Nc1ccccc1NC(=O)c1ccc(CNC(=O)C2=C[C@@H](c3ccc4c(c3)OCO4)C[C@@H](OCCCCO)O2)cc1. The molecule has 2 aliphatic rings. The Labute approximate surface area is 238 Å². The molecule has 2 heterocycles. The van der Waals surface area contributed by atoms with Crippen LogP contribution in [0.4, 0.5) is 11.4 Å². The monoisotopic (exact) mass is 559 g/mol. The number of benzene rings is 3. The summed E-state index contributed by atoms with van der Waals surface area (Å²) >= 11 is 0. The van der Waals surface area contributed by atoms with Crippen LogP contribution in [0.5, 0.6) is 11.5 Å². The lowest BCUT2D eigenvalue weighted by atomic mass is 9.92. The average Bonchev–Trinajstić information content (AvgIpc) is 3.47. The van der Waals surface area contributed by atoms with E-state index in [4.69, 9.17) is 29.8 Å². The quantitative estimate of drug-likeness (QED) is 0.204. The molecule has 2 atom stereocenters. The summed E-state index contributed by atoms with van der Waals surface area (Å²) in [7, 11) is 0. The van der Waals surface area contributed by atoms with Gasteiger partial charge in [-0.3, -0.25) is 9.59 Å². The van der Waals surface area contributed by atoms with Gasteiger partial charge >= 0.3 is 0 Å². The molecule has 5 rings (SSSR count). The van der Waals surface area contributed by atoms with Crippen LogP contribution in [0.3, 0.4) is 0 Å². The number of amides is 2. The molecule has 41 heavy (non-hydrogen) atoms. The van der Waals surface area contributed by atoms with Gasteiger partial charge in [0, 0.05) is 31.1 Å². The van der Waals surface area contributed by atoms with E-state index in [2.05, 4.69) is 10.6 Å². The van der Waals surface area contributed by atoms with Crippen molar-refractivity contribution in [3.63, 3.8) is 0 Å². The minimum Gasteiger partial charge on any atom is -0.459 e. The van der Waals surface area contributed by atoms with Crippen LogP contribution in [0, 0.1) is 0 Å². The van der Waals surface area contributed by atoms with Crippen molar-refractivity contribution < 1.29 is 33.6 Å². The van der Waals surface area contributed by atoms with Gasteiger partial charge in [-0.15, -0.1) is 0 Å². The summed E-state index contributed by atoms with van der Waals surface area (Å²) in [4.78, 5) is 25.8. The number of aliphatic hydroxyl groups excluding tert-OH is 1. The highest BCUT2D eigenvalue weighted by Gasteiger charge is 2.29. The third-order valence-corrected chi connectivity index (χ3v) is 6.84. The number of nitrogen functional groups attached to an aromatic ring is 1. The topological polar surface area (TPSA) is 141 Å². The normalized spacial score (nSPS) is 17.3. The van der Waals surface area contributed by atoms with Crippen LogP contribution in [-0.2, 0) is 20.8 Å². The van der Waals surface area contributed by atoms with Crippen LogP contribution in [0.15, 0.2) is 78.6 Å². The number of nitrogens with two attached hydrogens (primary N) is 1. The lowest BCUT2D eigenvalue weighted by Crippen LogP contribution is -2.32. The fraction of sp³-hybridized carbons (Fsp3) is 0.290. The number of fused-ring (bicyclic) bond motifs is 1. The number of carbonyl (C=O) groups is 2. The molecule has 0 spiro atoms. The number of aliphatic hydroxyl groups is 1. The maximum absolute atomic E-state index is 13.2. The zero-order valence-electron chi connectivity index (χ0n) is 22.5. The Kier molecular flexibility index (Phi) is 9.02. The molecule has 10 nitrogen and oxygen atoms in total. The second-order valence-electron chi connectivity index (χ2n) is 9.76. The first-order valence-corrected chi connectivity index (χ1v) is 13.5. The van der Waals surface area contributed by atoms with Crippen molar-refractivity contribution in [1.29, 1.82) is 0 Å². The van der Waals surface area contributed by atoms with Crippen LogP contribution in [0.1, 0.15) is 46.7 Å². The largest absolute Gasteiger partial charge is 0.459 e. The van der Waals surface area contributed by atoms with Crippen molar-refractivity contribution in [1.82, 2.24) is 5.32 Å². The first-order chi connectivity index (χ1) is 20.0. The second-order valence-corrected chi connectivity index (χ2v) is 9.76. The minimum atomic E-state index is -0.619. The molecule has 0 aliphatic carbocycles. The van der Waals surface area contributed by atoms with E-state index in [-0.39, 0.29) is 43.4 Å². The molecule has 2 amide bonds. The van der Waals surface area contributed by atoms with Crippen molar-refractivity contribution in [2.75, 3.05) is 31.1 Å². The maximum atomic E-state index is 13.2. The van der Waals surface area contributed by atoms with Crippen LogP contribution in [-0.4, -0.2) is 43.2 Å². The smallest absolute Gasteiger partial charge is 0.286 e. The third kappa shape index (κ3) is 7.16. The summed E-state index contributed by atoms with van der Waals surface area (Å²) in [5.41, 5.74) is 9.18. The van der Waals surface area contributed by atoms with Crippen LogP contribution in [0.25, 0.3) is 0 Å². The van der Waals surface area contributed by atoms with Gasteiger partial charge in [-0.25, -0.2) is 0 Å². The molecular formula is C31H33N3O7. The molecule has 10 heteroatoms. The first kappa shape index (κ1) is 28.0. The highest BCUT2D eigenvalue weighted by molar-refractivity contribution is 6.05. The summed E-state index contributed by atoms with van der Waals surface area (Å²) in [5, 5.41) is 14.7. The molecule has 0 aromatic heterocycles. The zero-order chi connectivity index (χ0) is 28.6. The van der Waals surface area contributed by atoms with E-state index in [9.17, 15) is 9.59 Å². The first-order valence-electron chi connectivity index (χ1n) is 13.5. The Morgan fingerprint density at radius 2 is 1.78 bits per heavy atom. The van der Waals surface area contributed by atoms with Gasteiger partial charge < -0.3 is 40.4 Å². The van der Waals surface area contributed by atoms with Gasteiger partial charge in [0.05, 0.1) is 18.0 Å². The summed E-state index contributed by atoms with van der Waals surface area (Å²) in [6, 6.07) is 19.7. The Balaban J connectivity index is 1.22. The molecule has 0 unspecified atom stereocenters. The predicted octanol–water partition coefficient (Wildman–Crippen LogP) is 4.07. The van der Waals surface area contributed by atoms with Crippen molar-refractivity contribution in [3.8, 4) is 11.5 Å². The zero-order valence-corrected chi connectivity index (χ0v) is 22.5. The molecule has 3 aromatic carbocycles. The van der Waals surface area contributed by atoms with Crippen molar-refractivity contribution in [2.24, 2.45) is 0 Å². The van der Waals surface area contributed by atoms with E-state index in [0.29, 0.717) is 54.3 Å². The molecule has 0 saturated heterocycles. The molecule has 0 saturated carbocycles. The van der Waals surface area contributed by atoms with Gasteiger partial charge in [-0.1, -0.05) is 30.3 Å². The molecular weight excluding hydrogens is 526 g/mol. The number of hydrogen-bond donors (Lipinski definition) is 4. The average molecular weight is 560 g/mol. The fourth-order valence-electron chi connectivity index (χ4n) is 4.57. The number of anilines is 2. The second kappa shape index (κ2) is 13.2. The molecule has 5 N–H and O–H groups in total. The highest BCUT2D eigenvalue weighted by Crippen LogP contribution is 2.38. The van der Waals surface area contributed by atoms with Gasteiger partial charge in [0.15, 0.2) is 17.3 Å². The lowest BCUT2D eigenvalue weighted by Gasteiger charge is -2.29. The van der Waals surface area contributed by atoms with Gasteiger partial charge in [0.1, 0.15) is 0 Å². The fourth-order valence-corrected chi connectivity index (χ4v) is 4.57. The molecule has 0 fully saturated rings. The number of ether oxygens (including phenoxy) is 4. The number of allylic oxidation sites excluding steroid dienone is 1. The summed E-state index contributed by atoms with van der Waals surface area (Å²) in [6.07, 6.45) is 3.01. The van der Waals surface area contributed by atoms with E-state index >= 15 is 0 Å². The third-order valence-electron chi connectivity index (χ3n) is 6.84. The van der Waals surface area contributed by atoms with Crippen molar-refractivity contribution >= 4 is 23.2 Å². The number of unbranched alkanes of at least 4 members (excludes halogenated alkanes) is 1. The van der Waals surface area contributed by atoms with E-state index in [0.717, 1.165) is 11.1 Å². The van der Waals surface area contributed by atoms with Crippen LogP contribution in [0.2, 0.25) is 0 Å². The van der Waals surface area contributed by atoms with Gasteiger partial charge in [-0.2, -0.15) is 0 Å². The van der Waals surface area contributed by atoms with Crippen LogP contribution < -0.4 is 25.8 Å². The standard InChI is InChI=1S/C31H33N3O7/c32-24-5-1-2-6-25(24)34-30(36)21-9-7-20(8-10-21)18-33-31(37)28-16-23(17-29(41-28)38-14-4-3-13-35)22-11-12-26-27(15-22)40-19-39-26/h1-2,5-12,15-16,23,29,35H,3-4,13-14,17-19,32H2,(H,33,37)(H,34,36)/t23-,29+/m1/s1. The van der Waals surface area contributed by atoms with E-state index in [1.807, 2.05) is 18.2 Å². The van der Waals surface area contributed by atoms with E-state index in [1.54, 1.807) is 54.6 Å². The minimum absolute atomic E-state index is 0.0928. The Morgan fingerprint density at radius 1 is 0.976 bits per heavy atom. The van der Waals surface area contributed by atoms with Gasteiger partial charge in [0.2, 0.25) is 13.1 Å². The number of rotatable bonds is 11. The van der Waals surface area contributed by atoms with E-state index in [1.165, 1.54) is 0 Å². The van der Waals surface area contributed by atoms with Crippen molar-refractivity contribution in [3.05, 3.63) is 95.3 Å². The summed E-state index contributed by atoms with van der Waals surface area (Å²) in [6.45, 7) is 0.921. The number of para-hydroxylation sites is 2. The Morgan fingerprint density at radius 3 is 2.59 bits per heavy atom. The van der Waals surface area contributed by atoms with Crippen molar-refractivity contribution in [2.45, 2.75) is 38.0 Å². The molecule has 0 radical (unpaired) electrons. The van der Waals surface area contributed by atoms with E-state index < -0.39 is 6.29 Å². The lowest BCUT2D eigenvalue weighted by molar-refractivity contribution is -0.146. The highest BCUT2D eigenvalue weighted by atomic mass is 16.7. The Hall–Kier alpha value is -4.54. The molecule has 3 aromatic rings. The number of carbonyl (C=O) groups excluding carboxylic acids is 2. The number of hydrogen-bond acceptors (Lipinski definition) is 8.